The summed E-state index contributed by atoms with van der Waals surface area (Å²) in [4.78, 5) is 21.1. The number of anilines is 1. The van der Waals surface area contributed by atoms with Gasteiger partial charge in [0.25, 0.3) is 5.91 Å². The summed E-state index contributed by atoms with van der Waals surface area (Å²) < 4.78 is 23.5. The Labute approximate surface area is 174 Å². The number of carbonyl (C=O) groups excluding carboxylic acids is 1. The van der Waals surface area contributed by atoms with Gasteiger partial charge in [0.2, 0.25) is 0 Å². The summed E-state index contributed by atoms with van der Waals surface area (Å²) in [6.07, 6.45) is 1.63. The predicted molar refractivity (Wildman–Crippen MR) is 112 cm³/mol. The van der Waals surface area contributed by atoms with Crippen molar-refractivity contribution in [3.63, 3.8) is 0 Å². The quantitative estimate of drug-likeness (QED) is 0.521. The minimum atomic E-state index is -0.750. The number of thiazole rings is 1. The van der Waals surface area contributed by atoms with E-state index >= 15 is 0 Å². The maximum absolute atomic E-state index is 12.6. The molecule has 0 radical (unpaired) electrons. The fraction of sp³-hybridized carbons (Fsp3) is 0.0500. The molecule has 0 atom stereocenters. The normalized spacial score (nSPS) is 9.97. The standard InChI is InChI=1S/C20H15N3O2S.O2S/c1-13-5-7-15(8-6-13)25-16-10-14(11-17-19(16)22-12-26-17)20(24)23-18-4-2-3-9-21-18;1-3-2/h2-12H,1H3,(H,21,23,24);. The molecule has 7 nitrogen and oxygen atoms in total. The van der Waals surface area contributed by atoms with E-state index in [0.29, 0.717) is 22.9 Å². The summed E-state index contributed by atoms with van der Waals surface area (Å²) >= 11 is 0.716. The van der Waals surface area contributed by atoms with Crippen molar-refractivity contribution in [1.29, 1.82) is 0 Å². The van der Waals surface area contributed by atoms with Gasteiger partial charge in [0, 0.05) is 11.8 Å². The van der Waals surface area contributed by atoms with Crippen LogP contribution < -0.4 is 10.1 Å². The average molecular weight is 425 g/mol. The van der Waals surface area contributed by atoms with Crippen molar-refractivity contribution in [1.82, 2.24) is 9.97 Å². The van der Waals surface area contributed by atoms with E-state index in [9.17, 15) is 4.79 Å². The highest BCUT2D eigenvalue weighted by atomic mass is 32.1. The smallest absolute Gasteiger partial charge is 0.335 e. The van der Waals surface area contributed by atoms with E-state index in [1.807, 2.05) is 43.3 Å². The molecule has 0 saturated carbocycles. The molecule has 1 amide bonds. The van der Waals surface area contributed by atoms with Gasteiger partial charge < -0.3 is 10.1 Å². The van der Waals surface area contributed by atoms with Gasteiger partial charge in [-0.15, -0.1) is 11.3 Å². The lowest BCUT2D eigenvalue weighted by Crippen LogP contribution is -2.12. The third-order valence-corrected chi connectivity index (χ3v) is 4.59. The second-order valence-electron chi connectivity index (χ2n) is 5.83. The molecule has 146 valence electrons. The second-order valence-corrected chi connectivity index (χ2v) is 6.85. The number of ether oxygens (including phenoxy) is 1. The van der Waals surface area contributed by atoms with Crippen molar-refractivity contribution in [2.45, 2.75) is 6.92 Å². The van der Waals surface area contributed by atoms with Gasteiger partial charge in [-0.05, 0) is 43.3 Å². The molecule has 29 heavy (non-hydrogen) atoms. The first-order valence-electron chi connectivity index (χ1n) is 8.36. The van der Waals surface area contributed by atoms with E-state index in [1.54, 1.807) is 29.9 Å². The van der Waals surface area contributed by atoms with Gasteiger partial charge in [-0.3, -0.25) is 4.79 Å². The van der Waals surface area contributed by atoms with Crippen LogP contribution in [-0.4, -0.2) is 24.3 Å². The van der Waals surface area contributed by atoms with Crippen molar-refractivity contribution in [3.8, 4) is 11.5 Å². The van der Waals surface area contributed by atoms with Crippen molar-refractivity contribution < 1.29 is 17.9 Å². The maximum Gasteiger partial charge on any atom is 0.335 e. The molecule has 0 fully saturated rings. The zero-order valence-electron chi connectivity index (χ0n) is 15.2. The highest BCUT2D eigenvalue weighted by Gasteiger charge is 2.14. The van der Waals surface area contributed by atoms with Crippen LogP contribution in [0, 0.1) is 6.92 Å². The first-order valence-corrected chi connectivity index (χ1v) is 9.91. The summed E-state index contributed by atoms with van der Waals surface area (Å²) in [5.74, 6) is 1.52. The number of benzene rings is 2. The number of nitrogens with zero attached hydrogens (tertiary/aromatic N) is 2. The highest BCUT2D eigenvalue weighted by Crippen LogP contribution is 2.33. The van der Waals surface area contributed by atoms with Gasteiger partial charge in [-0.1, -0.05) is 23.8 Å². The van der Waals surface area contributed by atoms with E-state index in [1.165, 1.54) is 11.3 Å². The van der Waals surface area contributed by atoms with E-state index in [2.05, 4.69) is 15.3 Å². The molecule has 0 spiro atoms. The van der Waals surface area contributed by atoms with Gasteiger partial charge >= 0.3 is 11.6 Å². The minimum Gasteiger partial charge on any atom is -0.455 e. The Kier molecular flexibility index (Phi) is 6.77. The summed E-state index contributed by atoms with van der Waals surface area (Å²) in [7, 11) is 0. The van der Waals surface area contributed by atoms with Crippen LogP contribution in [0.1, 0.15) is 15.9 Å². The number of amides is 1. The Bertz CT molecular complexity index is 1160. The van der Waals surface area contributed by atoms with E-state index < -0.39 is 11.6 Å². The molecule has 0 bridgehead atoms. The Hall–Kier alpha value is -3.43. The topological polar surface area (TPSA) is 98.2 Å². The number of pyridine rings is 1. The van der Waals surface area contributed by atoms with E-state index in [0.717, 1.165) is 15.8 Å². The molecule has 2 aromatic heterocycles. The molecule has 0 aliphatic heterocycles. The average Bonchev–Trinajstić information content (AvgIpc) is 3.20. The minimum absolute atomic E-state index is 0.243. The van der Waals surface area contributed by atoms with Crippen LogP contribution in [0.2, 0.25) is 0 Å². The van der Waals surface area contributed by atoms with Crippen LogP contribution in [-0.2, 0) is 11.6 Å². The largest absolute Gasteiger partial charge is 0.455 e. The summed E-state index contributed by atoms with van der Waals surface area (Å²) in [5.41, 5.74) is 4.13. The van der Waals surface area contributed by atoms with Crippen molar-refractivity contribution in [3.05, 3.63) is 77.4 Å². The van der Waals surface area contributed by atoms with Gasteiger partial charge in [0.05, 0.1) is 10.2 Å². The summed E-state index contributed by atoms with van der Waals surface area (Å²) in [6, 6.07) is 16.6. The zero-order chi connectivity index (χ0) is 20.6. The molecule has 2 aromatic carbocycles. The fourth-order valence-electron chi connectivity index (χ4n) is 2.50. The molecule has 4 aromatic rings. The van der Waals surface area contributed by atoms with Crippen LogP contribution in [0.25, 0.3) is 10.2 Å². The highest BCUT2D eigenvalue weighted by molar-refractivity contribution is 7.51. The van der Waals surface area contributed by atoms with E-state index in [4.69, 9.17) is 13.2 Å². The monoisotopic (exact) mass is 425 g/mol. The number of aromatic nitrogens is 2. The first kappa shape index (κ1) is 20.3. The van der Waals surface area contributed by atoms with Crippen LogP contribution >= 0.6 is 11.3 Å². The number of rotatable bonds is 4. The molecule has 0 aliphatic carbocycles. The molecule has 0 unspecified atom stereocenters. The summed E-state index contributed by atoms with van der Waals surface area (Å²) in [5, 5.41) is 2.79. The lowest BCUT2D eigenvalue weighted by molar-refractivity contribution is 0.102. The van der Waals surface area contributed by atoms with Crippen molar-refractivity contribution in [2.24, 2.45) is 0 Å². The Balaban J connectivity index is 0.000000755. The van der Waals surface area contributed by atoms with Gasteiger partial charge in [-0.25, -0.2) is 9.97 Å². The number of aryl methyl sites for hydroxylation is 1. The van der Waals surface area contributed by atoms with Crippen LogP contribution in [0.5, 0.6) is 11.5 Å². The Morgan fingerprint density at radius 2 is 1.83 bits per heavy atom. The molecule has 0 aliphatic rings. The zero-order valence-corrected chi connectivity index (χ0v) is 16.8. The molecular weight excluding hydrogens is 410 g/mol. The molecule has 4 rings (SSSR count). The lowest BCUT2D eigenvalue weighted by atomic mass is 10.2. The fourth-order valence-corrected chi connectivity index (χ4v) is 3.23. The number of nitrogens with one attached hydrogen (secondary N) is 1. The Morgan fingerprint density at radius 3 is 2.52 bits per heavy atom. The lowest BCUT2D eigenvalue weighted by Gasteiger charge is -2.09. The number of fused-ring (bicyclic) bond motifs is 1. The SMILES string of the molecule is Cc1ccc(Oc2cc(C(=O)Nc3ccccn3)cc3scnc23)cc1.O=S=O. The third kappa shape index (κ3) is 5.31. The number of hydrogen-bond donors (Lipinski definition) is 1. The van der Waals surface area contributed by atoms with Crippen molar-refractivity contribution in [2.75, 3.05) is 5.32 Å². The van der Waals surface area contributed by atoms with Gasteiger partial charge in [-0.2, -0.15) is 8.42 Å². The molecule has 9 heteroatoms. The number of hydrogen-bond acceptors (Lipinski definition) is 7. The van der Waals surface area contributed by atoms with Crippen LogP contribution in [0.4, 0.5) is 5.82 Å². The Morgan fingerprint density at radius 1 is 1.07 bits per heavy atom. The van der Waals surface area contributed by atoms with Crippen LogP contribution in [0.3, 0.4) is 0 Å². The first-order chi connectivity index (χ1) is 14.1. The predicted octanol–water partition coefficient (Wildman–Crippen LogP) is 4.37. The molecule has 2 heterocycles. The third-order valence-electron chi connectivity index (χ3n) is 3.82. The molecular formula is C20H15N3O4S2. The van der Waals surface area contributed by atoms with Crippen molar-refractivity contribution >= 4 is 44.8 Å². The van der Waals surface area contributed by atoms with E-state index in [-0.39, 0.29) is 5.91 Å². The second kappa shape index (κ2) is 9.67. The number of carbonyl (C=O) groups is 1. The molecule has 1 N–H and O–H groups in total. The van der Waals surface area contributed by atoms with Gasteiger partial charge in [0.1, 0.15) is 17.1 Å². The van der Waals surface area contributed by atoms with Crippen LogP contribution in [0.15, 0.2) is 66.3 Å². The maximum atomic E-state index is 12.6. The van der Waals surface area contributed by atoms with Gasteiger partial charge in [0.15, 0.2) is 5.75 Å². The summed E-state index contributed by atoms with van der Waals surface area (Å²) in [6.45, 7) is 2.02. The molecule has 0 saturated heterocycles.